The van der Waals surface area contributed by atoms with Crippen molar-refractivity contribution in [3.8, 4) is 0 Å². The Hall–Kier alpha value is -0.120. The fourth-order valence-electron chi connectivity index (χ4n) is 3.09. The Morgan fingerprint density at radius 3 is 2.12 bits per heavy atom. The van der Waals surface area contributed by atoms with Gasteiger partial charge in [0.05, 0.1) is 0 Å². The van der Waals surface area contributed by atoms with E-state index < -0.39 is 0 Å². The van der Waals surface area contributed by atoms with Crippen LogP contribution in [-0.4, -0.2) is 62.2 Å². The molecule has 2 aliphatic rings. The van der Waals surface area contributed by atoms with E-state index in [2.05, 4.69) is 22.0 Å². The molecule has 100 valence electrons. The molecular weight excluding hydrogens is 210 g/mol. The lowest BCUT2D eigenvalue weighted by Gasteiger charge is -2.35. The molecule has 0 aromatic rings. The lowest BCUT2D eigenvalue weighted by molar-refractivity contribution is 0.124. The van der Waals surface area contributed by atoms with Gasteiger partial charge in [-0.05, 0) is 57.8 Å². The second-order valence-electron chi connectivity index (χ2n) is 5.67. The van der Waals surface area contributed by atoms with Gasteiger partial charge in [-0.1, -0.05) is 6.92 Å². The van der Waals surface area contributed by atoms with Gasteiger partial charge in [0, 0.05) is 26.2 Å². The molecule has 0 bridgehead atoms. The van der Waals surface area contributed by atoms with E-state index in [4.69, 9.17) is 0 Å². The third-order valence-electron chi connectivity index (χ3n) is 4.32. The monoisotopic (exact) mass is 239 g/mol. The van der Waals surface area contributed by atoms with Crippen LogP contribution in [0.3, 0.4) is 0 Å². The van der Waals surface area contributed by atoms with Crippen LogP contribution in [0.4, 0.5) is 0 Å². The van der Waals surface area contributed by atoms with Crippen molar-refractivity contribution in [1.29, 1.82) is 0 Å². The molecule has 0 aliphatic carbocycles. The molecule has 0 atom stereocenters. The first kappa shape index (κ1) is 13.3. The molecule has 3 heteroatoms. The molecule has 0 radical (unpaired) electrons. The standard InChI is InChI=1S/C14H29N3/c1-2-8-16-10-12-17(13-11-16)9-5-14-3-6-15-7-4-14/h14-15H,2-13H2,1H3. The zero-order valence-corrected chi connectivity index (χ0v) is 11.5. The molecular formula is C14H29N3. The number of hydrogen-bond donors (Lipinski definition) is 1. The summed E-state index contributed by atoms with van der Waals surface area (Å²) < 4.78 is 0. The first-order valence-electron chi connectivity index (χ1n) is 7.54. The van der Waals surface area contributed by atoms with Crippen molar-refractivity contribution in [1.82, 2.24) is 15.1 Å². The van der Waals surface area contributed by atoms with Gasteiger partial charge in [0.2, 0.25) is 0 Å². The van der Waals surface area contributed by atoms with Gasteiger partial charge in [-0.15, -0.1) is 0 Å². The third-order valence-corrected chi connectivity index (χ3v) is 4.32. The fraction of sp³-hybridized carbons (Fsp3) is 1.00. The Kier molecular flexibility index (Phi) is 5.75. The lowest BCUT2D eigenvalue weighted by Crippen LogP contribution is -2.47. The number of nitrogens with one attached hydrogen (secondary N) is 1. The maximum absolute atomic E-state index is 3.45. The van der Waals surface area contributed by atoms with Crippen molar-refractivity contribution >= 4 is 0 Å². The Labute approximate surface area is 107 Å². The van der Waals surface area contributed by atoms with Crippen LogP contribution in [0.2, 0.25) is 0 Å². The number of piperidine rings is 1. The van der Waals surface area contributed by atoms with Crippen LogP contribution in [0, 0.1) is 5.92 Å². The molecule has 0 aromatic carbocycles. The van der Waals surface area contributed by atoms with Gasteiger partial charge in [0.25, 0.3) is 0 Å². The summed E-state index contributed by atoms with van der Waals surface area (Å²) in [6, 6.07) is 0. The second kappa shape index (κ2) is 7.34. The molecule has 0 amide bonds. The van der Waals surface area contributed by atoms with E-state index in [1.807, 2.05) is 0 Å². The smallest absolute Gasteiger partial charge is 0.0110 e. The molecule has 2 aliphatic heterocycles. The van der Waals surface area contributed by atoms with Crippen LogP contribution >= 0.6 is 0 Å². The molecule has 2 fully saturated rings. The maximum Gasteiger partial charge on any atom is 0.0110 e. The Balaban J connectivity index is 1.57. The van der Waals surface area contributed by atoms with E-state index in [1.54, 1.807) is 0 Å². The molecule has 2 rings (SSSR count). The third kappa shape index (κ3) is 4.57. The van der Waals surface area contributed by atoms with Gasteiger partial charge >= 0.3 is 0 Å². The van der Waals surface area contributed by atoms with E-state index in [9.17, 15) is 0 Å². The molecule has 2 heterocycles. The van der Waals surface area contributed by atoms with Crippen molar-refractivity contribution in [3.05, 3.63) is 0 Å². The van der Waals surface area contributed by atoms with E-state index in [-0.39, 0.29) is 0 Å². The van der Waals surface area contributed by atoms with Crippen molar-refractivity contribution in [2.75, 3.05) is 52.4 Å². The average Bonchev–Trinajstić information content (AvgIpc) is 2.40. The highest BCUT2D eigenvalue weighted by Crippen LogP contribution is 2.16. The molecule has 2 saturated heterocycles. The minimum absolute atomic E-state index is 0.991. The Morgan fingerprint density at radius 2 is 1.53 bits per heavy atom. The zero-order chi connectivity index (χ0) is 11.9. The van der Waals surface area contributed by atoms with Gasteiger partial charge in [0.1, 0.15) is 0 Å². The summed E-state index contributed by atoms with van der Waals surface area (Å²) in [6.45, 7) is 12.6. The normalized spacial score (nSPS) is 25.2. The van der Waals surface area contributed by atoms with Gasteiger partial charge in [-0.2, -0.15) is 0 Å². The molecule has 0 aromatic heterocycles. The fourth-order valence-corrected chi connectivity index (χ4v) is 3.09. The summed E-state index contributed by atoms with van der Waals surface area (Å²) in [6.07, 6.45) is 5.52. The minimum Gasteiger partial charge on any atom is -0.317 e. The first-order valence-corrected chi connectivity index (χ1v) is 7.54. The van der Waals surface area contributed by atoms with Crippen LogP contribution < -0.4 is 5.32 Å². The predicted octanol–water partition coefficient (Wildman–Crippen LogP) is 1.40. The molecule has 1 N–H and O–H groups in total. The molecule has 0 spiro atoms. The average molecular weight is 239 g/mol. The largest absolute Gasteiger partial charge is 0.317 e. The number of rotatable bonds is 5. The van der Waals surface area contributed by atoms with Crippen LogP contribution in [0.1, 0.15) is 32.6 Å². The summed E-state index contributed by atoms with van der Waals surface area (Å²) in [5.41, 5.74) is 0. The lowest BCUT2D eigenvalue weighted by atomic mass is 9.94. The van der Waals surface area contributed by atoms with Crippen LogP contribution in [-0.2, 0) is 0 Å². The van der Waals surface area contributed by atoms with Crippen LogP contribution in [0.25, 0.3) is 0 Å². The Bertz CT molecular complexity index is 194. The number of piperazine rings is 1. The van der Waals surface area contributed by atoms with Crippen LogP contribution in [0.5, 0.6) is 0 Å². The highest BCUT2D eigenvalue weighted by atomic mass is 15.3. The van der Waals surface area contributed by atoms with E-state index in [0.717, 1.165) is 5.92 Å². The first-order chi connectivity index (χ1) is 8.38. The van der Waals surface area contributed by atoms with Gasteiger partial charge in [0.15, 0.2) is 0 Å². The molecule has 0 unspecified atom stereocenters. The van der Waals surface area contributed by atoms with E-state index in [1.165, 1.54) is 78.0 Å². The van der Waals surface area contributed by atoms with Crippen LogP contribution in [0.15, 0.2) is 0 Å². The van der Waals surface area contributed by atoms with Gasteiger partial charge in [-0.3, -0.25) is 0 Å². The van der Waals surface area contributed by atoms with Crippen molar-refractivity contribution < 1.29 is 0 Å². The summed E-state index contributed by atoms with van der Waals surface area (Å²) >= 11 is 0. The van der Waals surface area contributed by atoms with E-state index in [0.29, 0.717) is 0 Å². The summed E-state index contributed by atoms with van der Waals surface area (Å²) in [4.78, 5) is 5.29. The highest BCUT2D eigenvalue weighted by Gasteiger charge is 2.18. The van der Waals surface area contributed by atoms with Crippen molar-refractivity contribution in [2.45, 2.75) is 32.6 Å². The Morgan fingerprint density at radius 1 is 0.941 bits per heavy atom. The highest BCUT2D eigenvalue weighted by molar-refractivity contribution is 4.74. The molecule has 3 nitrogen and oxygen atoms in total. The second-order valence-corrected chi connectivity index (χ2v) is 5.67. The number of nitrogens with zero attached hydrogens (tertiary/aromatic N) is 2. The maximum atomic E-state index is 3.45. The SMILES string of the molecule is CCCN1CCN(CCC2CCNCC2)CC1. The van der Waals surface area contributed by atoms with Crippen molar-refractivity contribution in [3.63, 3.8) is 0 Å². The number of hydrogen-bond acceptors (Lipinski definition) is 3. The van der Waals surface area contributed by atoms with Crippen molar-refractivity contribution in [2.24, 2.45) is 5.92 Å². The summed E-state index contributed by atoms with van der Waals surface area (Å²) in [7, 11) is 0. The van der Waals surface area contributed by atoms with Gasteiger partial charge < -0.3 is 15.1 Å². The minimum atomic E-state index is 0.991. The summed E-state index contributed by atoms with van der Waals surface area (Å²) in [5.74, 6) is 0.991. The van der Waals surface area contributed by atoms with Gasteiger partial charge in [-0.25, -0.2) is 0 Å². The quantitative estimate of drug-likeness (QED) is 0.782. The zero-order valence-electron chi connectivity index (χ0n) is 11.5. The topological polar surface area (TPSA) is 18.5 Å². The van der Waals surface area contributed by atoms with E-state index >= 15 is 0 Å². The predicted molar refractivity (Wildman–Crippen MR) is 73.4 cm³/mol. The molecule has 0 saturated carbocycles. The molecule has 17 heavy (non-hydrogen) atoms. The summed E-state index contributed by atoms with van der Waals surface area (Å²) in [5, 5.41) is 3.45.